The van der Waals surface area contributed by atoms with Gasteiger partial charge < -0.3 is 19.7 Å². The third kappa shape index (κ3) is 4.82. The van der Waals surface area contributed by atoms with Gasteiger partial charge in [-0.2, -0.15) is 0 Å². The van der Waals surface area contributed by atoms with E-state index in [2.05, 4.69) is 22.6 Å². The Labute approximate surface area is 192 Å². The van der Waals surface area contributed by atoms with Crippen LogP contribution in [0.25, 0.3) is 11.3 Å². The van der Waals surface area contributed by atoms with Gasteiger partial charge in [0.15, 0.2) is 0 Å². The maximum Gasteiger partial charge on any atom is 0.229 e. The minimum absolute atomic E-state index is 0.122. The third-order valence-electron chi connectivity index (χ3n) is 5.59. The minimum Gasteiger partial charge on any atom is -0.497 e. The molecular weight excluding hydrogens is 422 g/mol. The molecule has 1 aromatic heterocycles. The van der Waals surface area contributed by atoms with Gasteiger partial charge in [0.05, 0.1) is 32.0 Å². The van der Waals surface area contributed by atoms with E-state index in [0.29, 0.717) is 22.9 Å². The zero-order valence-corrected chi connectivity index (χ0v) is 18.9. The minimum atomic E-state index is -0.484. The summed E-state index contributed by atoms with van der Waals surface area (Å²) in [5.41, 5.74) is 2.84. The fourth-order valence-corrected chi connectivity index (χ4v) is 3.89. The number of hydrogen-bond acceptors (Lipinski definition) is 6. The summed E-state index contributed by atoms with van der Waals surface area (Å²) in [6, 6.07) is 12.7. The average Bonchev–Trinajstić information content (AvgIpc) is 3.46. The number of methoxy groups -OCH3 is 2. The topological polar surface area (TPSA) is 98.6 Å². The number of aryl methyl sites for hydroxylation is 1. The summed E-state index contributed by atoms with van der Waals surface area (Å²) in [5, 5.41) is 11.3. The van der Waals surface area contributed by atoms with Crippen molar-refractivity contribution in [3.63, 3.8) is 0 Å². The number of anilines is 2. The Morgan fingerprint density at radius 1 is 1.18 bits per heavy atom. The number of hydrogen-bond donors (Lipinski definition) is 1. The van der Waals surface area contributed by atoms with Gasteiger partial charge in [0, 0.05) is 36.8 Å². The van der Waals surface area contributed by atoms with E-state index in [1.165, 1.54) is 0 Å². The van der Waals surface area contributed by atoms with Gasteiger partial charge in [-0.25, -0.2) is 0 Å². The van der Waals surface area contributed by atoms with Gasteiger partial charge >= 0.3 is 0 Å². The van der Waals surface area contributed by atoms with Crippen molar-refractivity contribution in [1.29, 1.82) is 0 Å². The second-order valence-electron chi connectivity index (χ2n) is 7.88. The van der Waals surface area contributed by atoms with Crippen LogP contribution in [-0.2, 0) is 16.1 Å². The first-order chi connectivity index (χ1) is 16.0. The second-order valence-corrected chi connectivity index (χ2v) is 7.88. The number of benzene rings is 2. The zero-order chi connectivity index (χ0) is 23.4. The highest BCUT2D eigenvalue weighted by atomic mass is 16.5. The van der Waals surface area contributed by atoms with Crippen molar-refractivity contribution >= 4 is 23.2 Å². The van der Waals surface area contributed by atoms with Gasteiger partial charge in [-0.1, -0.05) is 24.3 Å². The number of rotatable bonds is 8. The predicted octanol–water partition coefficient (Wildman–Crippen LogP) is 3.36. The molecule has 0 radical (unpaired) electrons. The zero-order valence-electron chi connectivity index (χ0n) is 18.9. The highest BCUT2D eigenvalue weighted by Crippen LogP contribution is 2.36. The van der Waals surface area contributed by atoms with E-state index in [1.54, 1.807) is 42.0 Å². The molecule has 1 saturated heterocycles. The van der Waals surface area contributed by atoms with Crippen LogP contribution in [0.4, 0.5) is 11.4 Å². The maximum absolute atomic E-state index is 13.0. The van der Waals surface area contributed by atoms with Crippen LogP contribution in [0.5, 0.6) is 11.5 Å². The van der Waals surface area contributed by atoms with Gasteiger partial charge in [0.2, 0.25) is 11.8 Å². The van der Waals surface area contributed by atoms with E-state index < -0.39 is 5.92 Å². The third-order valence-corrected chi connectivity index (χ3v) is 5.59. The molecule has 0 bridgehead atoms. The summed E-state index contributed by atoms with van der Waals surface area (Å²) in [7, 11) is 3.11. The quantitative estimate of drug-likeness (QED) is 0.566. The summed E-state index contributed by atoms with van der Waals surface area (Å²) < 4.78 is 12.5. The van der Waals surface area contributed by atoms with E-state index in [-0.39, 0.29) is 24.8 Å². The molecule has 4 rings (SSSR count). The smallest absolute Gasteiger partial charge is 0.229 e. The molecular formula is C24H27N5O4. The Morgan fingerprint density at radius 2 is 2.03 bits per heavy atom. The molecule has 1 aliphatic rings. The number of carbonyl (C=O) groups excluding carboxylic acids is 2. The summed E-state index contributed by atoms with van der Waals surface area (Å²) in [5.74, 6) is 0.332. The summed E-state index contributed by atoms with van der Waals surface area (Å²) in [6.45, 7) is 3.14. The molecule has 172 valence electrons. The number of nitrogens with one attached hydrogen (secondary N) is 1. The summed E-state index contributed by atoms with van der Waals surface area (Å²) in [4.78, 5) is 27.3. The van der Waals surface area contributed by atoms with Crippen LogP contribution in [-0.4, -0.2) is 47.6 Å². The molecule has 2 heterocycles. The Balaban J connectivity index is 1.47. The molecule has 3 aromatic rings. The Kier molecular flexibility index (Phi) is 6.58. The molecule has 2 amide bonds. The van der Waals surface area contributed by atoms with Crippen LogP contribution in [0, 0.1) is 5.92 Å². The molecule has 9 nitrogen and oxygen atoms in total. The summed E-state index contributed by atoms with van der Waals surface area (Å²) in [6.07, 6.45) is 2.98. The Bertz CT molecular complexity index is 1160. The second kappa shape index (κ2) is 9.72. The van der Waals surface area contributed by atoms with Crippen LogP contribution >= 0.6 is 0 Å². The van der Waals surface area contributed by atoms with Crippen LogP contribution in [0.3, 0.4) is 0 Å². The van der Waals surface area contributed by atoms with Crippen molar-refractivity contribution in [2.75, 3.05) is 31.0 Å². The monoisotopic (exact) mass is 449 g/mol. The normalized spacial score (nSPS) is 15.5. The fourth-order valence-electron chi connectivity index (χ4n) is 3.89. The molecule has 1 fully saturated rings. The van der Waals surface area contributed by atoms with Crippen molar-refractivity contribution < 1.29 is 19.1 Å². The van der Waals surface area contributed by atoms with Crippen molar-refractivity contribution in [3.05, 3.63) is 48.7 Å². The van der Waals surface area contributed by atoms with Crippen LogP contribution in [0.1, 0.15) is 19.8 Å². The molecule has 0 spiro atoms. The van der Waals surface area contributed by atoms with E-state index in [1.807, 2.05) is 30.5 Å². The van der Waals surface area contributed by atoms with E-state index in [9.17, 15) is 9.59 Å². The van der Waals surface area contributed by atoms with Gasteiger partial charge in [-0.3, -0.25) is 14.3 Å². The number of aromatic nitrogens is 3. The van der Waals surface area contributed by atoms with Gasteiger partial charge in [-0.15, -0.1) is 5.10 Å². The lowest BCUT2D eigenvalue weighted by molar-refractivity contribution is -0.122. The molecule has 1 aliphatic heterocycles. The van der Waals surface area contributed by atoms with E-state index in [0.717, 1.165) is 24.2 Å². The van der Waals surface area contributed by atoms with Crippen molar-refractivity contribution in [1.82, 2.24) is 15.0 Å². The van der Waals surface area contributed by atoms with Gasteiger partial charge in [-0.05, 0) is 30.7 Å². The molecule has 1 N–H and O–H groups in total. The van der Waals surface area contributed by atoms with Crippen LogP contribution < -0.4 is 19.7 Å². The number of nitrogens with zero attached hydrogens (tertiary/aromatic N) is 4. The first-order valence-corrected chi connectivity index (χ1v) is 10.9. The molecule has 1 atom stereocenters. The maximum atomic E-state index is 13.0. The van der Waals surface area contributed by atoms with Crippen molar-refractivity contribution in [3.8, 4) is 22.8 Å². The largest absolute Gasteiger partial charge is 0.497 e. The molecule has 9 heteroatoms. The number of ether oxygens (including phenoxy) is 2. The molecule has 0 aliphatic carbocycles. The molecule has 0 saturated carbocycles. The van der Waals surface area contributed by atoms with Crippen molar-refractivity contribution in [2.24, 2.45) is 5.92 Å². The van der Waals surface area contributed by atoms with Crippen LogP contribution in [0.2, 0.25) is 0 Å². The van der Waals surface area contributed by atoms with Gasteiger partial charge in [0.1, 0.15) is 17.2 Å². The molecule has 2 aromatic carbocycles. The Hall–Kier alpha value is -3.88. The number of carbonyl (C=O) groups is 2. The first-order valence-electron chi connectivity index (χ1n) is 10.9. The molecule has 1 unspecified atom stereocenters. The SMILES string of the molecule is CCCn1cc(-c2cccc(NC(=O)C3CC(=O)N(c4cc(OC)ccc4OC)C3)c2)nn1. The van der Waals surface area contributed by atoms with Crippen molar-refractivity contribution in [2.45, 2.75) is 26.3 Å². The number of amides is 2. The lowest BCUT2D eigenvalue weighted by Gasteiger charge is -2.20. The average molecular weight is 450 g/mol. The lowest BCUT2D eigenvalue weighted by atomic mass is 10.1. The van der Waals surface area contributed by atoms with Gasteiger partial charge in [0.25, 0.3) is 0 Å². The van der Waals surface area contributed by atoms with E-state index >= 15 is 0 Å². The lowest BCUT2D eigenvalue weighted by Crippen LogP contribution is -2.28. The highest BCUT2D eigenvalue weighted by molar-refractivity contribution is 6.04. The highest BCUT2D eigenvalue weighted by Gasteiger charge is 2.36. The van der Waals surface area contributed by atoms with Crippen LogP contribution in [0.15, 0.2) is 48.7 Å². The van der Waals surface area contributed by atoms with E-state index in [4.69, 9.17) is 9.47 Å². The summed E-state index contributed by atoms with van der Waals surface area (Å²) >= 11 is 0. The fraction of sp³-hybridized carbons (Fsp3) is 0.333. The standard InChI is InChI=1S/C24H27N5O4/c1-4-10-28-15-20(26-27-28)16-6-5-7-18(11-16)25-24(31)17-12-23(30)29(14-17)21-13-19(32-2)8-9-22(21)33-3/h5-9,11,13,15,17H,4,10,12,14H2,1-3H3,(H,25,31). The Morgan fingerprint density at radius 3 is 2.79 bits per heavy atom. The molecule has 33 heavy (non-hydrogen) atoms. The predicted molar refractivity (Wildman–Crippen MR) is 124 cm³/mol. The first kappa shape index (κ1) is 22.3.